The van der Waals surface area contributed by atoms with E-state index in [-0.39, 0.29) is 0 Å². The fraction of sp³-hybridized carbons (Fsp3) is 0. The third-order valence-electron chi connectivity index (χ3n) is 2.25. The summed E-state index contributed by atoms with van der Waals surface area (Å²) in [5.41, 5.74) is 2.53. The van der Waals surface area contributed by atoms with Gasteiger partial charge in [-0.05, 0) is 68.4 Å². The Kier molecular flexibility index (Phi) is 4.40. The van der Waals surface area contributed by atoms with Gasteiger partial charge in [0.05, 0.1) is 0 Å². The van der Waals surface area contributed by atoms with E-state index in [0.717, 1.165) is 0 Å². The maximum atomic E-state index is 2.36. The molecular weight excluding hydrogens is 422 g/mol. The van der Waals surface area contributed by atoms with Crippen LogP contribution in [0.3, 0.4) is 0 Å². The standard InChI is InChI=1S/C14H10I2/c15-13-7-3-1-5-11(13)9-10-12-6-2-4-8-14(12)16/h1-10H/b10-9+. The van der Waals surface area contributed by atoms with Crippen molar-refractivity contribution >= 4 is 57.3 Å². The van der Waals surface area contributed by atoms with Crippen molar-refractivity contribution in [3.63, 3.8) is 0 Å². The molecule has 16 heavy (non-hydrogen) atoms. The van der Waals surface area contributed by atoms with Crippen LogP contribution < -0.4 is 0 Å². The van der Waals surface area contributed by atoms with Gasteiger partial charge in [-0.15, -0.1) is 0 Å². The predicted molar refractivity (Wildman–Crippen MR) is 87.2 cm³/mol. The van der Waals surface area contributed by atoms with Crippen LogP contribution in [0.25, 0.3) is 12.2 Å². The Morgan fingerprint density at radius 2 is 1.00 bits per heavy atom. The highest BCUT2D eigenvalue weighted by Crippen LogP contribution is 2.17. The van der Waals surface area contributed by atoms with Crippen molar-refractivity contribution in [2.45, 2.75) is 0 Å². The molecule has 0 nitrogen and oxygen atoms in total. The van der Waals surface area contributed by atoms with E-state index in [1.165, 1.54) is 18.3 Å². The molecule has 0 aliphatic carbocycles. The lowest BCUT2D eigenvalue weighted by Gasteiger charge is -1.99. The SMILES string of the molecule is Ic1ccccc1/C=C/c1ccccc1I. The van der Waals surface area contributed by atoms with E-state index in [9.17, 15) is 0 Å². The van der Waals surface area contributed by atoms with Crippen molar-refractivity contribution < 1.29 is 0 Å². The molecule has 0 atom stereocenters. The highest BCUT2D eigenvalue weighted by atomic mass is 127. The second-order valence-electron chi connectivity index (χ2n) is 3.38. The van der Waals surface area contributed by atoms with E-state index in [1.54, 1.807) is 0 Å². The first-order valence-electron chi connectivity index (χ1n) is 4.94. The highest BCUT2D eigenvalue weighted by Gasteiger charge is 1.95. The lowest BCUT2D eigenvalue weighted by Crippen LogP contribution is -1.80. The van der Waals surface area contributed by atoms with Crippen molar-refractivity contribution in [3.05, 3.63) is 66.8 Å². The minimum absolute atomic E-state index is 1.27. The first-order chi connectivity index (χ1) is 7.77. The molecule has 0 bridgehead atoms. The van der Waals surface area contributed by atoms with Crippen LogP contribution in [0.4, 0.5) is 0 Å². The summed E-state index contributed by atoms with van der Waals surface area (Å²) < 4.78 is 2.56. The highest BCUT2D eigenvalue weighted by molar-refractivity contribution is 14.1. The van der Waals surface area contributed by atoms with Crippen LogP contribution in [0.5, 0.6) is 0 Å². The van der Waals surface area contributed by atoms with Crippen LogP contribution in [0.1, 0.15) is 11.1 Å². The van der Waals surface area contributed by atoms with Gasteiger partial charge in [0, 0.05) is 7.14 Å². The summed E-state index contributed by atoms with van der Waals surface area (Å²) in [6, 6.07) is 16.8. The summed E-state index contributed by atoms with van der Waals surface area (Å²) in [5.74, 6) is 0. The van der Waals surface area contributed by atoms with Gasteiger partial charge in [0.25, 0.3) is 0 Å². The zero-order chi connectivity index (χ0) is 11.4. The second kappa shape index (κ2) is 5.82. The summed E-state index contributed by atoms with van der Waals surface area (Å²) in [4.78, 5) is 0. The molecule has 0 spiro atoms. The molecule has 0 unspecified atom stereocenters. The van der Waals surface area contributed by atoms with Crippen LogP contribution in [0.2, 0.25) is 0 Å². The molecule has 2 aromatic rings. The molecule has 0 aromatic heterocycles. The fourth-order valence-corrected chi connectivity index (χ4v) is 2.53. The second-order valence-corrected chi connectivity index (χ2v) is 5.70. The lowest BCUT2D eigenvalue weighted by atomic mass is 10.1. The quantitative estimate of drug-likeness (QED) is 0.460. The minimum Gasteiger partial charge on any atom is -0.0616 e. The first kappa shape index (κ1) is 12.1. The van der Waals surface area contributed by atoms with E-state index in [1.807, 2.05) is 0 Å². The van der Waals surface area contributed by atoms with Gasteiger partial charge in [0.2, 0.25) is 0 Å². The Hall–Kier alpha value is -0.360. The first-order valence-corrected chi connectivity index (χ1v) is 7.10. The maximum absolute atomic E-state index is 2.36. The Balaban J connectivity index is 2.29. The van der Waals surface area contributed by atoms with Crippen molar-refractivity contribution in [2.24, 2.45) is 0 Å². The molecule has 0 radical (unpaired) electrons. The van der Waals surface area contributed by atoms with Gasteiger partial charge in [0.1, 0.15) is 0 Å². The summed E-state index contributed by atoms with van der Waals surface area (Å²) in [7, 11) is 0. The van der Waals surface area contributed by atoms with Crippen LogP contribution in [0.15, 0.2) is 48.5 Å². The monoisotopic (exact) mass is 432 g/mol. The van der Waals surface area contributed by atoms with Gasteiger partial charge in [-0.1, -0.05) is 48.6 Å². The topological polar surface area (TPSA) is 0 Å². The molecule has 0 saturated carbocycles. The van der Waals surface area contributed by atoms with Crippen LogP contribution in [0, 0.1) is 7.14 Å². The third-order valence-corrected chi connectivity index (χ3v) is 4.22. The lowest BCUT2D eigenvalue weighted by molar-refractivity contribution is 1.58. The van der Waals surface area contributed by atoms with Crippen LogP contribution in [-0.4, -0.2) is 0 Å². The van der Waals surface area contributed by atoms with Gasteiger partial charge < -0.3 is 0 Å². The van der Waals surface area contributed by atoms with E-state index in [4.69, 9.17) is 0 Å². The zero-order valence-corrected chi connectivity index (χ0v) is 12.8. The molecule has 0 saturated heterocycles. The molecule has 2 rings (SSSR count). The number of benzene rings is 2. The zero-order valence-electron chi connectivity index (χ0n) is 8.53. The summed E-state index contributed by atoms with van der Waals surface area (Å²) in [6.45, 7) is 0. The normalized spacial score (nSPS) is 10.9. The molecular formula is C14H10I2. The minimum atomic E-state index is 1.27. The Labute approximate surface area is 123 Å². The average molecular weight is 432 g/mol. The summed E-state index contributed by atoms with van der Waals surface area (Å²) in [5, 5.41) is 0. The largest absolute Gasteiger partial charge is 0.0616 e. The molecule has 2 aromatic carbocycles. The smallest absolute Gasteiger partial charge is 0.0202 e. The molecule has 0 aliphatic heterocycles. The van der Waals surface area contributed by atoms with Gasteiger partial charge >= 0.3 is 0 Å². The summed E-state index contributed by atoms with van der Waals surface area (Å²) >= 11 is 4.72. The average Bonchev–Trinajstić information content (AvgIpc) is 2.30. The summed E-state index contributed by atoms with van der Waals surface area (Å²) in [6.07, 6.45) is 4.33. The van der Waals surface area contributed by atoms with Gasteiger partial charge in [0.15, 0.2) is 0 Å². The van der Waals surface area contributed by atoms with Gasteiger partial charge in [-0.2, -0.15) is 0 Å². The Bertz CT molecular complexity index is 468. The van der Waals surface area contributed by atoms with Gasteiger partial charge in [-0.3, -0.25) is 0 Å². The Morgan fingerprint density at radius 1 is 0.625 bits per heavy atom. The van der Waals surface area contributed by atoms with E-state index >= 15 is 0 Å². The number of hydrogen-bond acceptors (Lipinski definition) is 0. The molecule has 0 N–H and O–H groups in total. The van der Waals surface area contributed by atoms with E-state index in [2.05, 4.69) is 106 Å². The molecule has 2 heteroatoms. The van der Waals surface area contributed by atoms with Crippen molar-refractivity contribution in [3.8, 4) is 0 Å². The number of halogens is 2. The Morgan fingerprint density at radius 3 is 1.38 bits per heavy atom. The van der Waals surface area contributed by atoms with Crippen LogP contribution in [-0.2, 0) is 0 Å². The number of rotatable bonds is 2. The van der Waals surface area contributed by atoms with E-state index in [0.29, 0.717) is 0 Å². The van der Waals surface area contributed by atoms with Crippen molar-refractivity contribution in [1.82, 2.24) is 0 Å². The van der Waals surface area contributed by atoms with Crippen molar-refractivity contribution in [2.75, 3.05) is 0 Å². The third kappa shape index (κ3) is 3.07. The molecule has 0 aliphatic rings. The molecule has 0 amide bonds. The molecule has 80 valence electrons. The van der Waals surface area contributed by atoms with Crippen LogP contribution >= 0.6 is 45.2 Å². The number of hydrogen-bond donors (Lipinski definition) is 0. The predicted octanol–water partition coefficient (Wildman–Crippen LogP) is 5.07. The van der Waals surface area contributed by atoms with Gasteiger partial charge in [-0.25, -0.2) is 0 Å². The molecule has 0 heterocycles. The molecule has 0 fully saturated rings. The van der Waals surface area contributed by atoms with E-state index < -0.39 is 0 Å². The van der Waals surface area contributed by atoms with Crippen molar-refractivity contribution in [1.29, 1.82) is 0 Å². The maximum Gasteiger partial charge on any atom is 0.0202 e. The fourth-order valence-electron chi connectivity index (χ4n) is 1.40.